The predicted octanol–water partition coefficient (Wildman–Crippen LogP) is 4.55. The molecule has 0 unspecified atom stereocenters. The van der Waals surface area contributed by atoms with E-state index < -0.39 is 18.3 Å². The summed E-state index contributed by atoms with van der Waals surface area (Å²) in [6, 6.07) is 14.1. The molecule has 0 radical (unpaired) electrons. The minimum atomic E-state index is -4.78. The molecule has 0 fully saturated rings. The van der Waals surface area contributed by atoms with Gasteiger partial charge in [-0.05, 0) is 66.2 Å². The van der Waals surface area contributed by atoms with Crippen LogP contribution in [0.4, 0.5) is 29.3 Å². The first-order valence-electron chi connectivity index (χ1n) is 8.99. The summed E-state index contributed by atoms with van der Waals surface area (Å²) in [5.41, 5.74) is 1.99. The van der Waals surface area contributed by atoms with E-state index >= 15 is 0 Å². The van der Waals surface area contributed by atoms with Gasteiger partial charge in [0, 0.05) is 35.9 Å². The van der Waals surface area contributed by atoms with Crippen molar-refractivity contribution in [3.8, 4) is 5.75 Å². The van der Waals surface area contributed by atoms with Crippen LogP contribution in [0.5, 0.6) is 5.75 Å². The maximum Gasteiger partial charge on any atom is 0.573 e. The Hall–Kier alpha value is -4.08. The standard InChI is InChI=1S/C21H17F3N4O3/c22-21(23,24)31-18-7-5-16(6-8-18)27-19(29)15-1-3-17(4-2-15)28-20(30)26-13-14-9-11-25-12-10-14/h1-12H,13H2,(H,27,29)(H2,26,28,30). The molecule has 3 rings (SSSR count). The molecule has 0 aliphatic heterocycles. The highest BCUT2D eigenvalue weighted by Crippen LogP contribution is 2.24. The topological polar surface area (TPSA) is 92.4 Å². The van der Waals surface area contributed by atoms with Gasteiger partial charge in [0.15, 0.2) is 0 Å². The number of nitrogens with one attached hydrogen (secondary N) is 3. The second-order valence-corrected chi connectivity index (χ2v) is 6.27. The van der Waals surface area contributed by atoms with Crippen molar-refractivity contribution >= 4 is 23.3 Å². The van der Waals surface area contributed by atoms with Gasteiger partial charge in [-0.25, -0.2) is 4.79 Å². The Labute approximate surface area is 175 Å². The molecule has 0 atom stereocenters. The van der Waals surface area contributed by atoms with Crippen molar-refractivity contribution in [2.75, 3.05) is 10.6 Å². The summed E-state index contributed by atoms with van der Waals surface area (Å²) in [4.78, 5) is 28.2. The maximum atomic E-state index is 12.3. The van der Waals surface area contributed by atoms with Gasteiger partial charge in [0.1, 0.15) is 5.75 Å². The minimum Gasteiger partial charge on any atom is -0.406 e. The zero-order valence-corrected chi connectivity index (χ0v) is 15.9. The summed E-state index contributed by atoms with van der Waals surface area (Å²) in [7, 11) is 0. The number of amides is 3. The largest absolute Gasteiger partial charge is 0.573 e. The molecule has 1 heterocycles. The second-order valence-electron chi connectivity index (χ2n) is 6.27. The third-order valence-electron chi connectivity index (χ3n) is 3.95. The van der Waals surface area contributed by atoms with Crippen molar-refractivity contribution in [1.82, 2.24) is 10.3 Å². The first kappa shape index (κ1) is 21.6. The highest BCUT2D eigenvalue weighted by Gasteiger charge is 2.30. The number of carbonyl (C=O) groups excluding carboxylic acids is 2. The fraction of sp³-hybridized carbons (Fsp3) is 0.0952. The first-order valence-corrected chi connectivity index (χ1v) is 8.99. The van der Waals surface area contributed by atoms with Crippen LogP contribution < -0.4 is 20.7 Å². The fourth-order valence-electron chi connectivity index (χ4n) is 2.51. The lowest BCUT2D eigenvalue weighted by atomic mass is 10.2. The number of carbonyl (C=O) groups is 2. The Morgan fingerprint density at radius 3 is 2.03 bits per heavy atom. The predicted molar refractivity (Wildman–Crippen MR) is 108 cm³/mol. The van der Waals surface area contributed by atoms with E-state index in [0.717, 1.165) is 17.7 Å². The van der Waals surface area contributed by atoms with Gasteiger partial charge >= 0.3 is 12.4 Å². The normalized spacial score (nSPS) is 10.8. The van der Waals surface area contributed by atoms with Crippen LogP contribution in [0.1, 0.15) is 15.9 Å². The number of nitrogens with zero attached hydrogens (tertiary/aromatic N) is 1. The Balaban J connectivity index is 1.51. The van der Waals surface area contributed by atoms with Crippen molar-refractivity contribution in [3.05, 3.63) is 84.2 Å². The number of pyridine rings is 1. The second kappa shape index (κ2) is 9.61. The average molecular weight is 430 g/mol. The van der Waals surface area contributed by atoms with Crippen LogP contribution in [-0.2, 0) is 6.54 Å². The molecule has 0 saturated carbocycles. The number of ether oxygens (including phenoxy) is 1. The molecule has 2 aromatic carbocycles. The zero-order valence-electron chi connectivity index (χ0n) is 15.9. The van der Waals surface area contributed by atoms with Crippen LogP contribution in [0.25, 0.3) is 0 Å². The molecular formula is C21H17F3N4O3. The van der Waals surface area contributed by atoms with Crippen LogP contribution >= 0.6 is 0 Å². The molecule has 0 aliphatic carbocycles. The van der Waals surface area contributed by atoms with Crippen molar-refractivity contribution in [3.63, 3.8) is 0 Å². The maximum absolute atomic E-state index is 12.3. The quantitative estimate of drug-likeness (QED) is 0.535. The van der Waals surface area contributed by atoms with Crippen molar-refractivity contribution < 1.29 is 27.5 Å². The molecule has 3 aromatic rings. The SMILES string of the molecule is O=C(NCc1ccncc1)Nc1ccc(C(=O)Nc2ccc(OC(F)(F)F)cc2)cc1. The van der Waals surface area contributed by atoms with Gasteiger partial charge < -0.3 is 20.7 Å². The van der Waals surface area contributed by atoms with Crippen molar-refractivity contribution in [2.24, 2.45) is 0 Å². The fourth-order valence-corrected chi connectivity index (χ4v) is 2.51. The summed E-state index contributed by atoms with van der Waals surface area (Å²) >= 11 is 0. The Morgan fingerprint density at radius 1 is 0.839 bits per heavy atom. The van der Waals surface area contributed by atoms with Crippen LogP contribution in [0.2, 0.25) is 0 Å². The van der Waals surface area contributed by atoms with Gasteiger partial charge in [0.2, 0.25) is 0 Å². The number of anilines is 2. The molecule has 10 heteroatoms. The molecule has 160 valence electrons. The average Bonchev–Trinajstić information content (AvgIpc) is 2.74. The number of urea groups is 1. The summed E-state index contributed by atoms with van der Waals surface area (Å²) in [6.45, 7) is 0.335. The van der Waals surface area contributed by atoms with Crippen LogP contribution in [0.15, 0.2) is 73.1 Å². The van der Waals surface area contributed by atoms with E-state index in [-0.39, 0.29) is 5.75 Å². The van der Waals surface area contributed by atoms with Gasteiger partial charge in [-0.15, -0.1) is 13.2 Å². The van der Waals surface area contributed by atoms with Crippen molar-refractivity contribution in [2.45, 2.75) is 12.9 Å². The van der Waals surface area contributed by atoms with E-state index in [1.807, 2.05) is 0 Å². The lowest BCUT2D eigenvalue weighted by Gasteiger charge is -2.10. The van der Waals surface area contributed by atoms with Crippen molar-refractivity contribution in [1.29, 1.82) is 0 Å². The first-order chi connectivity index (χ1) is 14.8. The number of alkyl halides is 3. The lowest BCUT2D eigenvalue weighted by molar-refractivity contribution is -0.274. The third kappa shape index (κ3) is 7.03. The molecule has 0 aliphatic rings. The molecule has 3 N–H and O–H groups in total. The molecular weight excluding hydrogens is 413 g/mol. The number of benzene rings is 2. The highest BCUT2D eigenvalue weighted by atomic mass is 19.4. The van der Waals surface area contributed by atoms with Gasteiger partial charge in [-0.1, -0.05) is 0 Å². The van der Waals surface area contributed by atoms with E-state index in [4.69, 9.17) is 0 Å². The zero-order chi connectivity index (χ0) is 22.3. The van der Waals surface area contributed by atoms with Crippen LogP contribution in [0, 0.1) is 0 Å². The molecule has 0 bridgehead atoms. The van der Waals surface area contributed by atoms with E-state index in [1.165, 1.54) is 24.3 Å². The third-order valence-corrected chi connectivity index (χ3v) is 3.95. The molecule has 31 heavy (non-hydrogen) atoms. The summed E-state index contributed by atoms with van der Waals surface area (Å²) in [5.74, 6) is -0.846. The monoisotopic (exact) mass is 430 g/mol. The molecule has 1 aromatic heterocycles. The van der Waals surface area contributed by atoms with Crippen LogP contribution in [-0.4, -0.2) is 23.3 Å². The molecule has 0 saturated heterocycles. The number of aromatic nitrogens is 1. The van der Waals surface area contributed by atoms with E-state index in [2.05, 4.69) is 25.7 Å². The van der Waals surface area contributed by atoms with E-state index in [0.29, 0.717) is 23.5 Å². The van der Waals surface area contributed by atoms with Gasteiger partial charge in [-0.3, -0.25) is 9.78 Å². The molecule has 7 nitrogen and oxygen atoms in total. The highest BCUT2D eigenvalue weighted by molar-refractivity contribution is 6.04. The number of hydrogen-bond acceptors (Lipinski definition) is 4. The number of hydrogen-bond donors (Lipinski definition) is 3. The number of halogens is 3. The van der Waals surface area contributed by atoms with Gasteiger partial charge in [0.25, 0.3) is 5.91 Å². The summed E-state index contributed by atoms with van der Waals surface area (Å²) in [5, 5.41) is 7.91. The van der Waals surface area contributed by atoms with E-state index in [1.54, 1.807) is 36.7 Å². The smallest absolute Gasteiger partial charge is 0.406 e. The Bertz CT molecular complexity index is 1020. The molecule has 3 amide bonds. The Kier molecular flexibility index (Phi) is 6.71. The van der Waals surface area contributed by atoms with Gasteiger partial charge in [0.05, 0.1) is 0 Å². The summed E-state index contributed by atoms with van der Waals surface area (Å²) in [6.07, 6.45) is -1.52. The number of rotatable bonds is 6. The molecule has 0 spiro atoms. The van der Waals surface area contributed by atoms with Gasteiger partial charge in [-0.2, -0.15) is 0 Å². The van der Waals surface area contributed by atoms with Crippen LogP contribution in [0.3, 0.4) is 0 Å². The minimum absolute atomic E-state index is 0.303. The van der Waals surface area contributed by atoms with E-state index in [9.17, 15) is 22.8 Å². The summed E-state index contributed by atoms with van der Waals surface area (Å²) < 4.78 is 40.3. The Morgan fingerprint density at radius 2 is 1.42 bits per heavy atom. The lowest BCUT2D eigenvalue weighted by Crippen LogP contribution is -2.28.